The lowest BCUT2D eigenvalue weighted by Gasteiger charge is -2.06. The number of hydrogen-bond donors (Lipinski definition) is 0. The Morgan fingerprint density at radius 1 is 1.25 bits per heavy atom. The number of carbonyl (C=O) groups is 1. The van der Waals surface area contributed by atoms with Gasteiger partial charge in [-0.3, -0.25) is 4.79 Å². The molecule has 0 radical (unpaired) electrons. The molecule has 0 saturated heterocycles. The molecule has 0 fully saturated rings. The van der Waals surface area contributed by atoms with E-state index in [4.69, 9.17) is 4.74 Å². The second kappa shape index (κ2) is 5.38. The summed E-state index contributed by atoms with van der Waals surface area (Å²) in [5.41, 5.74) is 1.12. The topological polar surface area (TPSA) is 39.2 Å². The first kappa shape index (κ1) is 12.7. The molecule has 1 heterocycles. The number of fused-ring (bicyclic) bond motifs is 1. The van der Waals surface area contributed by atoms with E-state index in [-0.39, 0.29) is 12.2 Å². The Morgan fingerprint density at radius 2 is 2.10 bits per heavy atom. The van der Waals surface area contributed by atoms with Crippen molar-refractivity contribution in [2.45, 2.75) is 6.61 Å². The van der Waals surface area contributed by atoms with E-state index in [9.17, 15) is 9.18 Å². The molecule has 20 heavy (non-hydrogen) atoms. The van der Waals surface area contributed by atoms with Crippen molar-refractivity contribution in [2.75, 3.05) is 0 Å². The van der Waals surface area contributed by atoms with Gasteiger partial charge < -0.3 is 4.74 Å². The van der Waals surface area contributed by atoms with E-state index in [2.05, 4.69) is 4.98 Å². The van der Waals surface area contributed by atoms with Crippen LogP contribution in [0, 0.1) is 5.82 Å². The Labute approximate surface area is 118 Å². The first-order valence-corrected chi connectivity index (χ1v) is 6.80. The fourth-order valence-electron chi connectivity index (χ4n) is 1.86. The average Bonchev–Trinajstić information content (AvgIpc) is 2.88. The van der Waals surface area contributed by atoms with Crippen LogP contribution in [0.15, 0.2) is 42.5 Å². The van der Waals surface area contributed by atoms with Gasteiger partial charge >= 0.3 is 0 Å². The second-order valence-electron chi connectivity index (χ2n) is 4.16. The van der Waals surface area contributed by atoms with Crippen LogP contribution in [0.5, 0.6) is 5.75 Å². The number of benzene rings is 2. The number of thiazole rings is 1. The fraction of sp³-hybridized carbons (Fsp3) is 0.0667. The first-order valence-electron chi connectivity index (χ1n) is 5.98. The fourth-order valence-corrected chi connectivity index (χ4v) is 2.74. The van der Waals surface area contributed by atoms with Gasteiger partial charge in [0, 0.05) is 0 Å². The maximum Gasteiger partial charge on any atom is 0.153 e. The highest BCUT2D eigenvalue weighted by atomic mass is 32.1. The lowest BCUT2D eigenvalue weighted by Crippen LogP contribution is -1.98. The van der Waals surface area contributed by atoms with E-state index in [0.29, 0.717) is 12.0 Å². The van der Waals surface area contributed by atoms with Crippen molar-refractivity contribution in [3.8, 4) is 5.75 Å². The van der Waals surface area contributed by atoms with Crippen molar-refractivity contribution >= 4 is 27.8 Å². The number of carbonyl (C=O) groups excluding carboxylic acids is 1. The number of nitrogens with zero attached hydrogens (tertiary/aromatic N) is 1. The largest absolute Gasteiger partial charge is 0.486 e. The molecule has 2 aromatic carbocycles. The zero-order valence-corrected chi connectivity index (χ0v) is 11.2. The summed E-state index contributed by atoms with van der Waals surface area (Å²) in [5, 5.41) is 0.812. The Bertz CT molecular complexity index is 736. The zero-order chi connectivity index (χ0) is 13.9. The highest BCUT2D eigenvalue weighted by Crippen LogP contribution is 2.24. The number of halogens is 1. The average molecular weight is 287 g/mol. The van der Waals surface area contributed by atoms with Gasteiger partial charge in [0.1, 0.15) is 23.2 Å². The Kier molecular flexibility index (Phi) is 3.43. The van der Waals surface area contributed by atoms with Crippen LogP contribution in [0.1, 0.15) is 15.4 Å². The SMILES string of the molecule is O=Cc1cc(F)ccc1OCc1nc2ccccc2s1. The van der Waals surface area contributed by atoms with E-state index in [1.165, 1.54) is 23.5 Å². The molecule has 0 unspecified atom stereocenters. The zero-order valence-electron chi connectivity index (χ0n) is 10.4. The molecule has 0 aliphatic rings. The van der Waals surface area contributed by atoms with Crippen molar-refractivity contribution in [3.63, 3.8) is 0 Å². The van der Waals surface area contributed by atoms with Crippen molar-refractivity contribution in [1.29, 1.82) is 0 Å². The number of para-hydroxylation sites is 1. The number of ether oxygens (including phenoxy) is 1. The molecule has 0 aliphatic heterocycles. The summed E-state index contributed by atoms with van der Waals surface area (Å²) < 4.78 is 19.6. The third-order valence-corrected chi connectivity index (χ3v) is 3.80. The van der Waals surface area contributed by atoms with Crippen LogP contribution in [0.3, 0.4) is 0 Å². The number of hydrogen-bond acceptors (Lipinski definition) is 4. The summed E-state index contributed by atoms with van der Waals surface area (Å²) in [6, 6.07) is 11.7. The molecular weight excluding hydrogens is 277 g/mol. The number of rotatable bonds is 4. The molecule has 100 valence electrons. The highest BCUT2D eigenvalue weighted by Gasteiger charge is 2.07. The molecule has 3 rings (SSSR count). The molecule has 0 atom stereocenters. The molecule has 0 spiro atoms. The molecule has 5 heteroatoms. The Balaban J connectivity index is 1.80. The summed E-state index contributed by atoms with van der Waals surface area (Å²) in [7, 11) is 0. The third-order valence-electron chi connectivity index (χ3n) is 2.79. The molecule has 0 saturated carbocycles. The van der Waals surface area contributed by atoms with Crippen molar-refractivity contribution < 1.29 is 13.9 Å². The Morgan fingerprint density at radius 3 is 2.90 bits per heavy atom. The lowest BCUT2D eigenvalue weighted by molar-refractivity contribution is 0.111. The normalized spacial score (nSPS) is 10.7. The van der Waals surface area contributed by atoms with Gasteiger partial charge in [-0.2, -0.15) is 0 Å². The predicted octanol–water partition coefficient (Wildman–Crippen LogP) is 3.83. The van der Waals surface area contributed by atoms with Gasteiger partial charge in [-0.15, -0.1) is 11.3 Å². The highest BCUT2D eigenvalue weighted by molar-refractivity contribution is 7.18. The van der Waals surface area contributed by atoms with Gasteiger partial charge in [-0.05, 0) is 30.3 Å². The van der Waals surface area contributed by atoms with E-state index in [0.717, 1.165) is 21.3 Å². The lowest BCUT2D eigenvalue weighted by atomic mass is 10.2. The molecule has 0 bridgehead atoms. The minimum Gasteiger partial charge on any atom is -0.486 e. The predicted molar refractivity (Wildman–Crippen MR) is 75.7 cm³/mol. The van der Waals surface area contributed by atoms with Crippen molar-refractivity contribution in [3.05, 3.63) is 58.9 Å². The summed E-state index contributed by atoms with van der Waals surface area (Å²) in [6.45, 7) is 0.256. The third kappa shape index (κ3) is 2.53. The van der Waals surface area contributed by atoms with Gasteiger partial charge in [0.15, 0.2) is 6.29 Å². The van der Waals surface area contributed by atoms with Crippen LogP contribution in [0.4, 0.5) is 4.39 Å². The number of aromatic nitrogens is 1. The van der Waals surface area contributed by atoms with Crippen LogP contribution in [0.2, 0.25) is 0 Å². The van der Waals surface area contributed by atoms with Crippen LogP contribution >= 0.6 is 11.3 Å². The van der Waals surface area contributed by atoms with Crippen LogP contribution in [0.25, 0.3) is 10.2 Å². The van der Waals surface area contributed by atoms with E-state index < -0.39 is 5.82 Å². The second-order valence-corrected chi connectivity index (χ2v) is 5.28. The summed E-state index contributed by atoms with van der Waals surface area (Å²) in [4.78, 5) is 15.3. The summed E-state index contributed by atoms with van der Waals surface area (Å²) in [5.74, 6) is -0.0971. The molecule has 0 aliphatic carbocycles. The van der Waals surface area contributed by atoms with Gasteiger partial charge in [0.05, 0.1) is 15.8 Å². The first-order chi connectivity index (χ1) is 9.76. The molecule has 1 aromatic heterocycles. The summed E-state index contributed by atoms with van der Waals surface area (Å²) in [6.07, 6.45) is 0.580. The van der Waals surface area contributed by atoms with Crippen LogP contribution < -0.4 is 4.74 Å². The smallest absolute Gasteiger partial charge is 0.153 e. The minimum absolute atomic E-state index is 0.200. The maximum atomic E-state index is 13.0. The van der Waals surface area contributed by atoms with Gasteiger partial charge in [-0.25, -0.2) is 9.37 Å². The van der Waals surface area contributed by atoms with E-state index in [1.807, 2.05) is 24.3 Å². The number of aldehydes is 1. The monoisotopic (exact) mass is 287 g/mol. The van der Waals surface area contributed by atoms with E-state index >= 15 is 0 Å². The minimum atomic E-state index is -0.459. The molecule has 3 aromatic rings. The van der Waals surface area contributed by atoms with Gasteiger partial charge in [-0.1, -0.05) is 12.1 Å². The van der Waals surface area contributed by atoms with Crippen LogP contribution in [-0.2, 0) is 6.61 Å². The Hall–Kier alpha value is -2.27. The van der Waals surface area contributed by atoms with Gasteiger partial charge in [0.2, 0.25) is 0 Å². The standard InChI is InChI=1S/C15H10FNO2S/c16-11-5-6-13(10(7-11)8-18)19-9-15-17-12-3-1-2-4-14(12)20-15/h1-8H,9H2. The molecule has 0 amide bonds. The van der Waals surface area contributed by atoms with Crippen molar-refractivity contribution in [1.82, 2.24) is 4.98 Å². The molecular formula is C15H10FNO2S. The molecule has 3 nitrogen and oxygen atoms in total. The quantitative estimate of drug-likeness (QED) is 0.685. The summed E-state index contributed by atoms with van der Waals surface area (Å²) >= 11 is 1.53. The maximum absolute atomic E-state index is 13.0. The molecule has 0 N–H and O–H groups in total. The van der Waals surface area contributed by atoms with Gasteiger partial charge in [0.25, 0.3) is 0 Å². The van der Waals surface area contributed by atoms with Crippen molar-refractivity contribution in [2.24, 2.45) is 0 Å². The van der Waals surface area contributed by atoms with E-state index in [1.54, 1.807) is 0 Å². The van der Waals surface area contributed by atoms with Crippen LogP contribution in [-0.4, -0.2) is 11.3 Å².